The molecule has 0 saturated heterocycles. The molecule has 0 bridgehead atoms. The van der Waals surface area contributed by atoms with Crippen LogP contribution in [-0.2, 0) is 14.3 Å². The molecule has 0 fully saturated rings. The van der Waals surface area contributed by atoms with E-state index in [2.05, 4.69) is 26.6 Å². The van der Waals surface area contributed by atoms with E-state index < -0.39 is 11.8 Å². The first-order valence-electron chi connectivity index (χ1n) is 10.2. The number of nitrogens with two attached hydrogens (primary N) is 1. The smallest absolute Gasteiger partial charge is 0.254 e. The van der Waals surface area contributed by atoms with E-state index in [-0.39, 0.29) is 24.2 Å². The number of nitrogens with one attached hydrogen (secondary N) is 3. The van der Waals surface area contributed by atoms with E-state index in [1.165, 1.54) is 0 Å². The van der Waals surface area contributed by atoms with Crippen molar-refractivity contribution in [2.24, 2.45) is 5.73 Å². The Kier molecular flexibility index (Phi) is 9.56. The molecule has 3 amide bonds. The third-order valence-corrected chi connectivity index (χ3v) is 5.54. The number of anilines is 1. The van der Waals surface area contributed by atoms with Crippen LogP contribution in [0.15, 0.2) is 46.9 Å². The van der Waals surface area contributed by atoms with Crippen molar-refractivity contribution in [3.05, 3.63) is 63.6 Å². The number of benzene rings is 2. The highest BCUT2D eigenvalue weighted by molar-refractivity contribution is 9.10. The number of hydrogen-bond acceptors (Lipinski definition) is 5. The average Bonchev–Trinajstić information content (AvgIpc) is 2.76. The second-order valence-electron chi connectivity index (χ2n) is 7.46. The Balaban J connectivity index is 1.93. The number of amides is 3. The average molecular weight is 518 g/mol. The molecule has 0 spiro atoms. The highest BCUT2D eigenvalue weighted by Crippen LogP contribution is 2.23. The Labute approximate surface area is 201 Å². The number of halogens is 1. The molecule has 0 aliphatic carbocycles. The minimum absolute atomic E-state index is 0.0663. The van der Waals surface area contributed by atoms with Gasteiger partial charge in [0.1, 0.15) is 12.3 Å². The molecule has 0 heterocycles. The van der Waals surface area contributed by atoms with E-state index in [1.807, 2.05) is 0 Å². The van der Waals surface area contributed by atoms with Crippen LogP contribution < -0.4 is 16.4 Å². The van der Waals surface area contributed by atoms with Gasteiger partial charge in [0.2, 0.25) is 11.8 Å². The van der Waals surface area contributed by atoms with Crippen molar-refractivity contribution >= 4 is 45.2 Å². The molecule has 176 valence electrons. The van der Waals surface area contributed by atoms with Gasteiger partial charge in [0.25, 0.3) is 5.91 Å². The normalized spacial score (nSPS) is 11.4. The lowest BCUT2D eigenvalue weighted by Gasteiger charge is -2.19. The minimum atomic E-state index is -0.462. The Morgan fingerprint density at radius 3 is 2.39 bits per heavy atom. The number of nitrogens with zero attached hydrogens (tertiary/aromatic N) is 1. The molecule has 1 unspecified atom stereocenters. The van der Waals surface area contributed by atoms with Crippen molar-refractivity contribution in [2.75, 3.05) is 32.6 Å². The van der Waals surface area contributed by atoms with Crippen LogP contribution in [0, 0.1) is 5.41 Å². The molecule has 33 heavy (non-hydrogen) atoms. The fourth-order valence-corrected chi connectivity index (χ4v) is 3.54. The first kappa shape index (κ1) is 26.0. The molecule has 5 N–H and O–H groups in total. The maximum absolute atomic E-state index is 12.6. The summed E-state index contributed by atoms with van der Waals surface area (Å²) in [5, 5.41) is 12.8. The monoisotopic (exact) mass is 517 g/mol. The van der Waals surface area contributed by atoms with Gasteiger partial charge in [-0.2, -0.15) is 0 Å². The summed E-state index contributed by atoms with van der Waals surface area (Å²) in [6.45, 7) is 2.71. The summed E-state index contributed by atoms with van der Waals surface area (Å²) in [6, 6.07) is 11.3. The molecule has 0 aromatic heterocycles. The summed E-state index contributed by atoms with van der Waals surface area (Å²) in [5.41, 5.74) is 7.74. The van der Waals surface area contributed by atoms with Crippen molar-refractivity contribution in [1.29, 1.82) is 5.41 Å². The van der Waals surface area contributed by atoms with Gasteiger partial charge < -0.3 is 26.0 Å². The Hall–Kier alpha value is -3.24. The summed E-state index contributed by atoms with van der Waals surface area (Å²) < 4.78 is 5.62. The summed E-state index contributed by atoms with van der Waals surface area (Å²) in [7, 11) is 3.28. The van der Waals surface area contributed by atoms with Crippen molar-refractivity contribution in [2.45, 2.75) is 19.4 Å². The van der Waals surface area contributed by atoms with Gasteiger partial charge in [-0.3, -0.25) is 19.8 Å². The van der Waals surface area contributed by atoms with Gasteiger partial charge in [0, 0.05) is 36.4 Å². The van der Waals surface area contributed by atoms with Gasteiger partial charge in [-0.05, 0) is 64.8 Å². The Bertz CT molecular complexity index is 1030. The summed E-state index contributed by atoms with van der Waals surface area (Å²) in [5.74, 6) is -1.11. The number of likely N-dealkylation sites (N-methyl/N-ethyl adjacent to an activating group) is 1. The lowest BCUT2D eigenvalue weighted by molar-refractivity contribution is -0.127. The molecule has 0 radical (unpaired) electrons. The van der Waals surface area contributed by atoms with Gasteiger partial charge in [-0.25, -0.2) is 0 Å². The third kappa shape index (κ3) is 7.69. The fraction of sp³-hybridized carbons (Fsp3) is 0.304. The number of amidine groups is 1. The first-order valence-corrected chi connectivity index (χ1v) is 11.0. The van der Waals surface area contributed by atoms with Crippen molar-refractivity contribution in [3.63, 3.8) is 0 Å². The molecule has 0 aliphatic rings. The number of carbonyl (C=O) groups is 3. The number of methoxy groups -OCH3 is 1. The van der Waals surface area contributed by atoms with Crippen LogP contribution in [0.1, 0.15) is 40.9 Å². The van der Waals surface area contributed by atoms with E-state index >= 15 is 0 Å². The van der Waals surface area contributed by atoms with Gasteiger partial charge in [0.15, 0.2) is 0 Å². The van der Waals surface area contributed by atoms with Crippen molar-refractivity contribution in [3.8, 4) is 0 Å². The fourth-order valence-electron chi connectivity index (χ4n) is 2.97. The predicted octanol–water partition coefficient (Wildman–Crippen LogP) is 2.66. The molecule has 9 nitrogen and oxygen atoms in total. The standard InChI is InChI=1S/C23H28BrN5O4/c1-14(16-6-9-18(19(24)12-16)23(32)29(2)10-11-33-3)27-20(30)13-21(31)28-17-7-4-15(5-8-17)22(25)26/h4-9,12,14H,10-11,13H2,1-3H3,(H3,25,26)(H,27,30)(H,28,31). The summed E-state index contributed by atoms with van der Waals surface area (Å²) >= 11 is 3.43. The first-order chi connectivity index (χ1) is 15.6. The molecule has 1 atom stereocenters. The van der Waals surface area contributed by atoms with Gasteiger partial charge in [-0.15, -0.1) is 0 Å². The van der Waals surface area contributed by atoms with Gasteiger partial charge >= 0.3 is 0 Å². The van der Waals surface area contributed by atoms with Crippen LogP contribution in [0.2, 0.25) is 0 Å². The molecule has 2 aromatic carbocycles. The summed E-state index contributed by atoms with van der Waals surface area (Å²) in [4.78, 5) is 38.6. The predicted molar refractivity (Wildman–Crippen MR) is 130 cm³/mol. The van der Waals surface area contributed by atoms with E-state index in [4.69, 9.17) is 15.9 Å². The quantitative estimate of drug-likeness (QED) is 0.218. The molecule has 0 aliphatic heterocycles. The van der Waals surface area contributed by atoms with Crippen LogP contribution in [0.5, 0.6) is 0 Å². The van der Waals surface area contributed by atoms with Crippen LogP contribution >= 0.6 is 15.9 Å². The third-order valence-electron chi connectivity index (χ3n) is 4.88. The largest absolute Gasteiger partial charge is 0.384 e. The molecular weight excluding hydrogens is 490 g/mol. The zero-order valence-corrected chi connectivity index (χ0v) is 20.4. The van der Waals surface area contributed by atoms with Crippen molar-refractivity contribution < 1.29 is 19.1 Å². The Morgan fingerprint density at radius 2 is 1.82 bits per heavy atom. The number of ether oxygens (including phenoxy) is 1. The number of rotatable bonds is 10. The maximum atomic E-state index is 12.6. The SMILES string of the molecule is COCCN(C)C(=O)c1ccc(C(C)NC(=O)CC(=O)Nc2ccc(C(=N)N)cc2)cc1Br. The van der Waals surface area contributed by atoms with E-state index in [1.54, 1.807) is 68.4 Å². The number of nitrogen functional groups attached to an aromatic ring is 1. The highest BCUT2D eigenvalue weighted by atomic mass is 79.9. The minimum Gasteiger partial charge on any atom is -0.384 e. The highest BCUT2D eigenvalue weighted by Gasteiger charge is 2.18. The van der Waals surface area contributed by atoms with Gasteiger partial charge in [-0.1, -0.05) is 6.07 Å². The molecule has 10 heteroatoms. The molecule has 2 rings (SSSR count). The van der Waals surface area contributed by atoms with E-state index in [0.29, 0.717) is 34.4 Å². The summed E-state index contributed by atoms with van der Waals surface area (Å²) in [6.07, 6.45) is -0.346. The molecule has 0 saturated carbocycles. The van der Waals surface area contributed by atoms with Crippen LogP contribution in [0.3, 0.4) is 0 Å². The van der Waals surface area contributed by atoms with Gasteiger partial charge in [0.05, 0.1) is 18.2 Å². The number of carbonyl (C=O) groups excluding carboxylic acids is 3. The number of hydrogen-bond donors (Lipinski definition) is 4. The lowest BCUT2D eigenvalue weighted by atomic mass is 10.1. The molecule has 2 aromatic rings. The zero-order chi connectivity index (χ0) is 24.5. The zero-order valence-electron chi connectivity index (χ0n) is 18.8. The van der Waals surface area contributed by atoms with Crippen LogP contribution in [0.25, 0.3) is 0 Å². The second kappa shape index (κ2) is 12.1. The Morgan fingerprint density at radius 1 is 1.15 bits per heavy atom. The maximum Gasteiger partial charge on any atom is 0.254 e. The lowest BCUT2D eigenvalue weighted by Crippen LogP contribution is -2.31. The van der Waals surface area contributed by atoms with Crippen LogP contribution in [0.4, 0.5) is 5.69 Å². The van der Waals surface area contributed by atoms with E-state index in [0.717, 1.165) is 5.56 Å². The van der Waals surface area contributed by atoms with Crippen LogP contribution in [-0.4, -0.2) is 55.8 Å². The molecular formula is C23H28BrN5O4. The topological polar surface area (TPSA) is 138 Å². The van der Waals surface area contributed by atoms with Crippen molar-refractivity contribution in [1.82, 2.24) is 10.2 Å². The second-order valence-corrected chi connectivity index (χ2v) is 8.32. The van der Waals surface area contributed by atoms with E-state index in [9.17, 15) is 14.4 Å².